The number of carboxylic acid groups (broad SMARTS) is 1. The number of hydrogen-bond acceptors (Lipinski definition) is 3. The Balaban J connectivity index is 2.66. The molecule has 0 radical (unpaired) electrons. The molecule has 0 aliphatic rings. The van der Waals surface area contributed by atoms with Crippen LogP contribution >= 0.6 is 0 Å². The van der Waals surface area contributed by atoms with E-state index in [9.17, 15) is 14.4 Å². The number of benzene rings is 1. The average Bonchev–Trinajstić information content (AvgIpc) is 2.38. The molecule has 6 heteroatoms. The zero-order valence-electron chi connectivity index (χ0n) is 11.4. The third kappa shape index (κ3) is 5.09. The van der Waals surface area contributed by atoms with E-state index in [0.29, 0.717) is 0 Å². The molecule has 0 saturated heterocycles. The van der Waals surface area contributed by atoms with Gasteiger partial charge in [-0.3, -0.25) is 9.59 Å². The maximum absolute atomic E-state index is 11.8. The summed E-state index contributed by atoms with van der Waals surface area (Å²) in [7, 11) is 0. The Morgan fingerprint density at radius 2 is 1.75 bits per heavy atom. The van der Waals surface area contributed by atoms with Crippen LogP contribution in [0.5, 0.6) is 0 Å². The predicted molar refractivity (Wildman–Crippen MR) is 73.0 cm³/mol. The highest BCUT2D eigenvalue weighted by molar-refractivity contribution is 5.89. The minimum absolute atomic E-state index is 0.189. The number of carbonyl (C=O) groups is 3. The van der Waals surface area contributed by atoms with Gasteiger partial charge in [0.2, 0.25) is 11.8 Å². The summed E-state index contributed by atoms with van der Waals surface area (Å²) in [5.41, 5.74) is 0.812. The molecule has 0 aliphatic heterocycles. The highest BCUT2D eigenvalue weighted by Gasteiger charge is 2.23. The molecule has 0 bridgehead atoms. The molecule has 1 aromatic carbocycles. The molecule has 0 fully saturated rings. The van der Waals surface area contributed by atoms with Crippen molar-refractivity contribution in [2.45, 2.75) is 32.4 Å². The van der Waals surface area contributed by atoms with E-state index < -0.39 is 24.0 Å². The minimum atomic E-state index is -1.11. The molecular weight excluding hydrogens is 260 g/mol. The lowest BCUT2D eigenvalue weighted by atomic mass is 10.1. The fourth-order valence-electron chi connectivity index (χ4n) is 1.72. The van der Waals surface area contributed by atoms with Crippen molar-refractivity contribution in [1.29, 1.82) is 0 Å². The van der Waals surface area contributed by atoms with E-state index in [4.69, 9.17) is 5.11 Å². The number of amides is 2. The first-order valence-corrected chi connectivity index (χ1v) is 6.24. The van der Waals surface area contributed by atoms with Crippen molar-refractivity contribution in [1.82, 2.24) is 10.6 Å². The van der Waals surface area contributed by atoms with Gasteiger partial charge in [0.1, 0.15) is 12.1 Å². The van der Waals surface area contributed by atoms with Gasteiger partial charge in [-0.2, -0.15) is 0 Å². The van der Waals surface area contributed by atoms with Gasteiger partial charge in [0.25, 0.3) is 0 Å². The van der Waals surface area contributed by atoms with Crippen LogP contribution < -0.4 is 10.6 Å². The molecule has 0 aromatic heterocycles. The fraction of sp³-hybridized carbons (Fsp3) is 0.357. The van der Waals surface area contributed by atoms with Gasteiger partial charge < -0.3 is 15.7 Å². The topological polar surface area (TPSA) is 95.5 Å². The number of carboxylic acids is 1. The highest BCUT2D eigenvalue weighted by atomic mass is 16.4. The summed E-state index contributed by atoms with van der Waals surface area (Å²) in [6.07, 6.45) is 0.189. The van der Waals surface area contributed by atoms with Gasteiger partial charge in [-0.05, 0) is 12.5 Å². The van der Waals surface area contributed by atoms with Crippen LogP contribution in [0, 0.1) is 0 Å². The SMILES string of the molecule is CC(=O)NC(C)C(=O)N[C@@H](Cc1ccccc1)C(=O)O. The summed E-state index contributed by atoms with van der Waals surface area (Å²) in [6.45, 7) is 2.79. The van der Waals surface area contributed by atoms with E-state index in [1.165, 1.54) is 13.8 Å². The second kappa shape index (κ2) is 7.28. The molecule has 1 unspecified atom stereocenters. The van der Waals surface area contributed by atoms with E-state index in [2.05, 4.69) is 10.6 Å². The monoisotopic (exact) mass is 278 g/mol. The van der Waals surface area contributed by atoms with Gasteiger partial charge in [0.05, 0.1) is 0 Å². The van der Waals surface area contributed by atoms with Crippen molar-refractivity contribution >= 4 is 17.8 Å². The Morgan fingerprint density at radius 3 is 2.25 bits per heavy atom. The third-order valence-electron chi connectivity index (χ3n) is 2.71. The summed E-state index contributed by atoms with van der Waals surface area (Å²) < 4.78 is 0. The van der Waals surface area contributed by atoms with Crippen molar-refractivity contribution in [3.05, 3.63) is 35.9 Å². The summed E-state index contributed by atoms with van der Waals surface area (Å²) in [5, 5.41) is 14.0. The maximum atomic E-state index is 11.8. The smallest absolute Gasteiger partial charge is 0.326 e. The molecular formula is C14H18N2O4. The van der Waals surface area contributed by atoms with Crippen molar-refractivity contribution in [3.8, 4) is 0 Å². The molecule has 0 aliphatic carbocycles. The Kier molecular flexibility index (Phi) is 5.71. The van der Waals surface area contributed by atoms with Crippen molar-refractivity contribution in [2.24, 2.45) is 0 Å². The zero-order chi connectivity index (χ0) is 15.1. The number of rotatable bonds is 6. The maximum Gasteiger partial charge on any atom is 0.326 e. The van der Waals surface area contributed by atoms with Gasteiger partial charge >= 0.3 is 5.97 Å². The standard InChI is InChI=1S/C14H18N2O4/c1-9(15-10(2)17)13(18)16-12(14(19)20)8-11-6-4-3-5-7-11/h3-7,9,12H,8H2,1-2H3,(H,15,17)(H,16,18)(H,19,20)/t9?,12-/m0/s1. The third-order valence-corrected chi connectivity index (χ3v) is 2.71. The van der Waals surface area contributed by atoms with Crippen LogP contribution in [-0.2, 0) is 20.8 Å². The van der Waals surface area contributed by atoms with Crippen LogP contribution in [0.2, 0.25) is 0 Å². The molecule has 0 spiro atoms. The first-order valence-electron chi connectivity index (χ1n) is 6.24. The molecule has 0 saturated carbocycles. The molecule has 20 heavy (non-hydrogen) atoms. The first-order chi connectivity index (χ1) is 9.40. The second-order valence-electron chi connectivity index (χ2n) is 4.51. The summed E-state index contributed by atoms with van der Waals surface area (Å²) in [6, 6.07) is 7.22. The van der Waals surface area contributed by atoms with Crippen LogP contribution in [-0.4, -0.2) is 35.0 Å². The van der Waals surface area contributed by atoms with E-state index >= 15 is 0 Å². The van der Waals surface area contributed by atoms with Crippen molar-refractivity contribution in [2.75, 3.05) is 0 Å². The van der Waals surface area contributed by atoms with Gasteiger partial charge in [0, 0.05) is 13.3 Å². The Labute approximate surface area is 117 Å². The van der Waals surface area contributed by atoms with Crippen LogP contribution in [0.15, 0.2) is 30.3 Å². The van der Waals surface area contributed by atoms with Gasteiger partial charge in [0.15, 0.2) is 0 Å². The lowest BCUT2D eigenvalue weighted by Crippen LogP contribution is -2.50. The molecule has 2 amide bonds. The van der Waals surface area contributed by atoms with Gasteiger partial charge in [-0.15, -0.1) is 0 Å². The van der Waals surface area contributed by atoms with E-state index in [0.717, 1.165) is 5.56 Å². The molecule has 1 aromatic rings. The summed E-state index contributed by atoms with van der Waals surface area (Å²) in [5.74, 6) is -1.98. The lowest BCUT2D eigenvalue weighted by molar-refractivity contribution is -0.142. The number of nitrogens with one attached hydrogen (secondary N) is 2. The Morgan fingerprint density at radius 1 is 1.15 bits per heavy atom. The Bertz CT molecular complexity index is 487. The summed E-state index contributed by atoms with van der Waals surface area (Å²) in [4.78, 5) is 33.8. The first kappa shape index (κ1) is 15.7. The van der Waals surface area contributed by atoms with Crippen molar-refractivity contribution in [3.63, 3.8) is 0 Å². The van der Waals surface area contributed by atoms with Gasteiger partial charge in [-0.1, -0.05) is 30.3 Å². The van der Waals surface area contributed by atoms with Crippen LogP contribution in [0.1, 0.15) is 19.4 Å². The fourth-order valence-corrected chi connectivity index (χ4v) is 1.72. The zero-order valence-corrected chi connectivity index (χ0v) is 11.4. The normalized spacial score (nSPS) is 13.1. The van der Waals surface area contributed by atoms with Crippen LogP contribution in [0.25, 0.3) is 0 Å². The average molecular weight is 278 g/mol. The van der Waals surface area contributed by atoms with Crippen molar-refractivity contribution < 1.29 is 19.5 Å². The number of aliphatic carboxylic acids is 1. The van der Waals surface area contributed by atoms with Crippen LogP contribution in [0.4, 0.5) is 0 Å². The van der Waals surface area contributed by atoms with E-state index in [-0.39, 0.29) is 12.3 Å². The Hall–Kier alpha value is -2.37. The quantitative estimate of drug-likeness (QED) is 0.698. The molecule has 2 atom stereocenters. The molecule has 1 rings (SSSR count). The molecule has 3 N–H and O–H groups in total. The lowest BCUT2D eigenvalue weighted by Gasteiger charge is -2.18. The highest BCUT2D eigenvalue weighted by Crippen LogP contribution is 2.03. The molecule has 0 heterocycles. The van der Waals surface area contributed by atoms with E-state index in [1.807, 2.05) is 6.07 Å². The number of hydrogen-bond donors (Lipinski definition) is 3. The second-order valence-corrected chi connectivity index (χ2v) is 4.51. The largest absolute Gasteiger partial charge is 0.480 e. The minimum Gasteiger partial charge on any atom is -0.480 e. The predicted octanol–water partition coefficient (Wildman–Crippen LogP) is 0.323. The van der Waals surface area contributed by atoms with E-state index in [1.54, 1.807) is 24.3 Å². The summed E-state index contributed by atoms with van der Waals surface area (Å²) >= 11 is 0. The number of carbonyl (C=O) groups excluding carboxylic acids is 2. The molecule has 108 valence electrons. The van der Waals surface area contributed by atoms with Crippen LogP contribution in [0.3, 0.4) is 0 Å². The molecule has 6 nitrogen and oxygen atoms in total. The van der Waals surface area contributed by atoms with Gasteiger partial charge in [-0.25, -0.2) is 4.79 Å².